The zero-order valence-electron chi connectivity index (χ0n) is 18.3. The minimum absolute atomic E-state index is 0.0146. The van der Waals surface area contributed by atoms with Crippen LogP contribution in [-0.2, 0) is 18.3 Å². The molecule has 1 heterocycles. The van der Waals surface area contributed by atoms with Gasteiger partial charge in [-0.05, 0) is 42.9 Å². The van der Waals surface area contributed by atoms with Crippen molar-refractivity contribution in [1.82, 2.24) is 20.1 Å². The zero-order valence-corrected chi connectivity index (χ0v) is 19.2. The maximum absolute atomic E-state index is 12.5. The van der Waals surface area contributed by atoms with Gasteiger partial charge >= 0.3 is 0 Å². The van der Waals surface area contributed by atoms with Crippen LogP contribution in [-0.4, -0.2) is 26.4 Å². The van der Waals surface area contributed by atoms with Crippen LogP contribution in [0.15, 0.2) is 53.7 Å². The molecule has 0 aliphatic rings. The number of nitrogens with one attached hydrogen (secondary N) is 1. The van der Waals surface area contributed by atoms with Crippen molar-refractivity contribution in [2.45, 2.75) is 45.3 Å². The van der Waals surface area contributed by atoms with Crippen LogP contribution >= 0.6 is 11.8 Å². The summed E-state index contributed by atoms with van der Waals surface area (Å²) in [5, 5.41) is 12.4. The lowest BCUT2D eigenvalue weighted by Crippen LogP contribution is -2.28. The van der Waals surface area contributed by atoms with Crippen LogP contribution in [0.3, 0.4) is 0 Å². The minimum Gasteiger partial charge on any atom is -0.349 e. The molecule has 0 saturated heterocycles. The summed E-state index contributed by atoms with van der Waals surface area (Å²) in [6.07, 6.45) is 1.07. The summed E-state index contributed by atoms with van der Waals surface area (Å²) in [6.45, 7) is 8.50. The van der Waals surface area contributed by atoms with Crippen LogP contribution in [0.5, 0.6) is 0 Å². The van der Waals surface area contributed by atoms with Crippen molar-refractivity contribution in [2.75, 3.05) is 5.75 Å². The van der Waals surface area contributed by atoms with Crippen molar-refractivity contribution in [2.24, 2.45) is 13.0 Å². The van der Waals surface area contributed by atoms with Crippen LogP contribution in [0.1, 0.15) is 43.5 Å². The van der Waals surface area contributed by atoms with Crippen molar-refractivity contribution in [3.63, 3.8) is 0 Å². The number of hydrogen-bond donors (Lipinski definition) is 1. The monoisotopic (exact) mass is 422 g/mol. The van der Waals surface area contributed by atoms with E-state index in [9.17, 15) is 4.79 Å². The van der Waals surface area contributed by atoms with Gasteiger partial charge in [-0.3, -0.25) is 4.79 Å². The first-order chi connectivity index (χ1) is 14.3. The Morgan fingerprint density at radius 3 is 2.43 bits per heavy atom. The van der Waals surface area contributed by atoms with Crippen molar-refractivity contribution in [3.8, 4) is 11.4 Å². The van der Waals surface area contributed by atoms with E-state index in [-0.39, 0.29) is 11.9 Å². The van der Waals surface area contributed by atoms with Gasteiger partial charge in [0.05, 0.1) is 11.8 Å². The Labute approximate surface area is 183 Å². The number of hydrogen-bond acceptors (Lipinski definition) is 4. The number of rotatable bonds is 8. The summed E-state index contributed by atoms with van der Waals surface area (Å²) < 4.78 is 1.94. The highest BCUT2D eigenvalue weighted by molar-refractivity contribution is 7.99. The molecular formula is C24H30N4OS. The number of amides is 1. The molecule has 0 bridgehead atoms. The maximum Gasteiger partial charge on any atom is 0.230 e. The first-order valence-electron chi connectivity index (χ1n) is 10.3. The average Bonchev–Trinajstić information content (AvgIpc) is 3.07. The first-order valence-corrected chi connectivity index (χ1v) is 11.3. The number of aromatic nitrogens is 3. The molecule has 2 aromatic carbocycles. The fraction of sp³-hybridized carbons (Fsp3) is 0.375. The summed E-state index contributed by atoms with van der Waals surface area (Å²) in [5.74, 6) is 1.73. The third-order valence-electron chi connectivity index (χ3n) is 5.05. The molecule has 30 heavy (non-hydrogen) atoms. The van der Waals surface area contributed by atoms with Crippen molar-refractivity contribution < 1.29 is 4.79 Å². The summed E-state index contributed by atoms with van der Waals surface area (Å²) in [4.78, 5) is 12.5. The molecule has 1 aromatic heterocycles. The number of carbonyl (C=O) groups is 1. The summed E-state index contributed by atoms with van der Waals surface area (Å²) in [6, 6.07) is 16.6. The highest BCUT2D eigenvalue weighted by Crippen LogP contribution is 2.25. The Morgan fingerprint density at radius 2 is 1.77 bits per heavy atom. The molecule has 5 nitrogen and oxygen atoms in total. The van der Waals surface area contributed by atoms with Crippen LogP contribution in [0.25, 0.3) is 11.4 Å². The molecule has 1 amide bonds. The number of nitrogens with zero attached hydrogens (tertiary/aromatic N) is 3. The largest absolute Gasteiger partial charge is 0.349 e. The highest BCUT2D eigenvalue weighted by atomic mass is 32.2. The Morgan fingerprint density at radius 1 is 1.07 bits per heavy atom. The quantitative estimate of drug-likeness (QED) is 0.521. The first kappa shape index (κ1) is 22.1. The Balaban J connectivity index is 1.56. The van der Waals surface area contributed by atoms with Gasteiger partial charge in [0.2, 0.25) is 5.91 Å². The summed E-state index contributed by atoms with van der Waals surface area (Å²) >= 11 is 1.40. The van der Waals surface area contributed by atoms with Gasteiger partial charge in [-0.1, -0.05) is 74.1 Å². The van der Waals surface area contributed by atoms with E-state index in [2.05, 4.69) is 66.6 Å². The average molecular weight is 423 g/mol. The number of thioether (sulfide) groups is 1. The molecule has 0 aliphatic heterocycles. The minimum atomic E-state index is -0.0341. The topological polar surface area (TPSA) is 59.8 Å². The van der Waals surface area contributed by atoms with E-state index in [0.29, 0.717) is 11.7 Å². The van der Waals surface area contributed by atoms with Crippen LogP contribution in [0, 0.1) is 12.8 Å². The van der Waals surface area contributed by atoms with E-state index >= 15 is 0 Å². The van der Waals surface area contributed by atoms with E-state index in [1.807, 2.05) is 36.7 Å². The molecule has 0 fully saturated rings. The van der Waals surface area contributed by atoms with Gasteiger partial charge in [0.1, 0.15) is 0 Å². The molecular weight excluding hydrogens is 392 g/mol. The predicted octanol–water partition coefficient (Wildman–Crippen LogP) is 4.96. The molecule has 158 valence electrons. The summed E-state index contributed by atoms with van der Waals surface area (Å²) in [5.41, 5.74) is 4.64. The Hall–Kier alpha value is -2.60. The molecule has 1 unspecified atom stereocenters. The lowest BCUT2D eigenvalue weighted by molar-refractivity contribution is -0.119. The molecule has 1 N–H and O–H groups in total. The smallest absolute Gasteiger partial charge is 0.230 e. The van der Waals surface area contributed by atoms with Crippen molar-refractivity contribution in [3.05, 3.63) is 65.2 Å². The van der Waals surface area contributed by atoms with Crippen LogP contribution in [0.4, 0.5) is 0 Å². The van der Waals surface area contributed by atoms with E-state index in [4.69, 9.17) is 0 Å². The van der Waals surface area contributed by atoms with Gasteiger partial charge in [-0.25, -0.2) is 0 Å². The molecule has 1 atom stereocenters. The second-order valence-corrected chi connectivity index (χ2v) is 9.04. The molecule has 3 rings (SSSR count). The number of carbonyl (C=O) groups excluding carboxylic acids is 1. The molecule has 0 aliphatic carbocycles. The third kappa shape index (κ3) is 5.51. The fourth-order valence-corrected chi connectivity index (χ4v) is 4.13. The molecule has 0 spiro atoms. The van der Waals surface area contributed by atoms with Gasteiger partial charge in [-0.2, -0.15) is 0 Å². The lowest BCUT2D eigenvalue weighted by Gasteiger charge is -2.15. The maximum atomic E-state index is 12.5. The van der Waals surface area contributed by atoms with Gasteiger partial charge in [0.25, 0.3) is 0 Å². The molecule has 3 aromatic rings. The lowest BCUT2D eigenvalue weighted by atomic mass is 10.00. The van der Waals surface area contributed by atoms with Gasteiger partial charge in [0, 0.05) is 12.6 Å². The SMILES string of the molecule is Cc1ccccc1-c1nnc(SCC(=O)NC(C)c2ccc(CC(C)C)cc2)n1C. The van der Waals surface area contributed by atoms with E-state index < -0.39 is 0 Å². The Bertz CT molecular complexity index is 995. The number of aryl methyl sites for hydroxylation is 1. The van der Waals surface area contributed by atoms with Gasteiger partial charge in [0.15, 0.2) is 11.0 Å². The predicted molar refractivity (Wildman–Crippen MR) is 123 cm³/mol. The van der Waals surface area contributed by atoms with Crippen molar-refractivity contribution >= 4 is 17.7 Å². The van der Waals surface area contributed by atoms with E-state index in [1.165, 1.54) is 17.3 Å². The van der Waals surface area contributed by atoms with Crippen molar-refractivity contribution in [1.29, 1.82) is 0 Å². The van der Waals surface area contributed by atoms with Gasteiger partial charge in [-0.15, -0.1) is 10.2 Å². The van der Waals surface area contributed by atoms with E-state index in [1.54, 1.807) is 0 Å². The van der Waals surface area contributed by atoms with Gasteiger partial charge < -0.3 is 9.88 Å². The second-order valence-electron chi connectivity index (χ2n) is 8.10. The summed E-state index contributed by atoms with van der Waals surface area (Å²) in [7, 11) is 1.93. The molecule has 0 saturated carbocycles. The van der Waals surface area contributed by atoms with E-state index in [0.717, 1.165) is 34.1 Å². The molecule has 0 radical (unpaired) electrons. The Kier molecular flexibility index (Phi) is 7.32. The zero-order chi connectivity index (χ0) is 21.7. The standard InChI is InChI=1S/C24H30N4OS/c1-16(2)14-19-10-12-20(13-11-19)18(4)25-22(29)15-30-24-27-26-23(28(24)5)21-9-7-6-8-17(21)3/h6-13,16,18H,14-15H2,1-5H3,(H,25,29). The molecule has 6 heteroatoms. The number of benzene rings is 2. The second kappa shape index (κ2) is 9.94. The highest BCUT2D eigenvalue weighted by Gasteiger charge is 2.15. The third-order valence-corrected chi connectivity index (χ3v) is 6.07. The normalized spacial score (nSPS) is 12.2. The van der Waals surface area contributed by atoms with Crippen LogP contribution in [0.2, 0.25) is 0 Å². The van der Waals surface area contributed by atoms with Crippen LogP contribution < -0.4 is 5.32 Å². The fourth-order valence-electron chi connectivity index (χ4n) is 3.41.